The van der Waals surface area contributed by atoms with E-state index in [-0.39, 0.29) is 11.5 Å². The van der Waals surface area contributed by atoms with Gasteiger partial charge in [0.1, 0.15) is 5.75 Å². The summed E-state index contributed by atoms with van der Waals surface area (Å²) in [7, 11) is 1.61. The summed E-state index contributed by atoms with van der Waals surface area (Å²) in [5.41, 5.74) is 2.52. The molecule has 2 aromatic carbocycles. The van der Waals surface area contributed by atoms with Gasteiger partial charge in [-0.1, -0.05) is 0 Å². The number of fused-ring (bicyclic) bond motifs is 1. The summed E-state index contributed by atoms with van der Waals surface area (Å²) in [6, 6.07) is 16.6. The number of rotatable bonds is 3. The normalized spacial score (nSPS) is 14.4. The van der Waals surface area contributed by atoms with Gasteiger partial charge in [-0.3, -0.25) is 9.59 Å². The predicted octanol–water partition coefficient (Wildman–Crippen LogP) is 2.50. The summed E-state index contributed by atoms with van der Waals surface area (Å²) < 4.78 is 5.14. The van der Waals surface area contributed by atoms with Crippen molar-refractivity contribution in [2.24, 2.45) is 0 Å². The third-order valence-electron chi connectivity index (χ3n) is 4.98. The minimum atomic E-state index is -0.0964. The van der Waals surface area contributed by atoms with Crippen LogP contribution in [0.15, 0.2) is 59.4 Å². The maximum Gasteiger partial charge on any atom is 0.253 e. The van der Waals surface area contributed by atoms with Crippen LogP contribution in [0.5, 0.6) is 5.75 Å². The minimum absolute atomic E-state index is 0.0494. The zero-order valence-corrected chi connectivity index (χ0v) is 15.1. The van der Waals surface area contributed by atoms with Crippen LogP contribution in [0.3, 0.4) is 0 Å². The Labute approximate surface area is 157 Å². The minimum Gasteiger partial charge on any atom is -0.497 e. The van der Waals surface area contributed by atoms with Gasteiger partial charge >= 0.3 is 0 Å². The smallest absolute Gasteiger partial charge is 0.253 e. The molecular formula is C21H21N3O3. The maximum absolute atomic E-state index is 12.7. The lowest BCUT2D eigenvalue weighted by Crippen LogP contribution is -2.48. The van der Waals surface area contributed by atoms with Crippen LogP contribution in [0, 0.1) is 0 Å². The number of hydrogen-bond donors (Lipinski definition) is 1. The van der Waals surface area contributed by atoms with E-state index in [0.29, 0.717) is 18.7 Å². The molecule has 1 aliphatic rings. The van der Waals surface area contributed by atoms with Gasteiger partial charge in [0.25, 0.3) is 5.91 Å². The van der Waals surface area contributed by atoms with Gasteiger partial charge in [-0.15, -0.1) is 0 Å². The van der Waals surface area contributed by atoms with Crippen molar-refractivity contribution in [2.75, 3.05) is 38.2 Å². The number of carbonyl (C=O) groups is 1. The van der Waals surface area contributed by atoms with E-state index in [4.69, 9.17) is 4.74 Å². The summed E-state index contributed by atoms with van der Waals surface area (Å²) in [5.74, 6) is 0.794. The second kappa shape index (κ2) is 7.15. The molecule has 3 aromatic rings. The van der Waals surface area contributed by atoms with Gasteiger partial charge in [-0.25, -0.2) is 0 Å². The van der Waals surface area contributed by atoms with Crippen LogP contribution in [-0.4, -0.2) is 49.1 Å². The monoisotopic (exact) mass is 363 g/mol. The predicted molar refractivity (Wildman–Crippen MR) is 106 cm³/mol. The number of benzene rings is 2. The number of piperazine rings is 1. The average Bonchev–Trinajstić information content (AvgIpc) is 2.73. The van der Waals surface area contributed by atoms with E-state index in [1.165, 1.54) is 6.07 Å². The maximum atomic E-state index is 12.7. The first-order valence-corrected chi connectivity index (χ1v) is 8.95. The highest BCUT2D eigenvalue weighted by Crippen LogP contribution is 2.22. The van der Waals surface area contributed by atoms with Crippen molar-refractivity contribution < 1.29 is 9.53 Å². The second-order valence-electron chi connectivity index (χ2n) is 6.60. The Balaban J connectivity index is 1.44. The Morgan fingerprint density at radius 2 is 1.70 bits per heavy atom. The van der Waals surface area contributed by atoms with Crippen molar-refractivity contribution in [3.05, 3.63) is 70.5 Å². The lowest BCUT2D eigenvalue weighted by molar-refractivity contribution is 0.0747. The number of anilines is 1. The largest absolute Gasteiger partial charge is 0.497 e. The molecule has 6 nitrogen and oxygen atoms in total. The Bertz CT molecular complexity index is 1020. The zero-order valence-electron chi connectivity index (χ0n) is 15.1. The Morgan fingerprint density at radius 1 is 0.963 bits per heavy atom. The number of methoxy groups -OCH3 is 1. The van der Waals surface area contributed by atoms with E-state index in [0.717, 1.165) is 35.4 Å². The van der Waals surface area contributed by atoms with Gasteiger partial charge in [0, 0.05) is 54.4 Å². The highest BCUT2D eigenvalue weighted by atomic mass is 16.5. The lowest BCUT2D eigenvalue weighted by Gasteiger charge is -2.36. The highest BCUT2D eigenvalue weighted by molar-refractivity contribution is 5.94. The third-order valence-corrected chi connectivity index (χ3v) is 4.98. The van der Waals surface area contributed by atoms with Crippen LogP contribution in [0.25, 0.3) is 10.9 Å². The first-order valence-electron chi connectivity index (χ1n) is 8.95. The van der Waals surface area contributed by atoms with Crippen molar-refractivity contribution >= 4 is 22.5 Å². The van der Waals surface area contributed by atoms with Gasteiger partial charge in [-0.2, -0.15) is 0 Å². The fraction of sp³-hybridized carbons (Fsp3) is 0.238. The SMILES string of the molecule is COc1ccc(C(=O)N2CCN(c3ccc4[nH]c(=O)ccc4c3)CC2)cc1. The van der Waals surface area contributed by atoms with Crippen molar-refractivity contribution in [3.8, 4) is 5.75 Å². The van der Waals surface area contributed by atoms with E-state index in [2.05, 4.69) is 16.0 Å². The molecule has 1 N–H and O–H groups in total. The summed E-state index contributed by atoms with van der Waals surface area (Å²) in [6.45, 7) is 2.90. The van der Waals surface area contributed by atoms with Gasteiger partial charge in [0.15, 0.2) is 0 Å². The number of amides is 1. The molecule has 0 saturated carbocycles. The molecule has 0 aliphatic carbocycles. The summed E-state index contributed by atoms with van der Waals surface area (Å²) >= 11 is 0. The highest BCUT2D eigenvalue weighted by Gasteiger charge is 2.22. The lowest BCUT2D eigenvalue weighted by atomic mass is 10.1. The standard InChI is InChI=1S/C21H21N3O3/c1-27-18-6-2-15(3-7-18)21(26)24-12-10-23(11-13-24)17-5-8-19-16(14-17)4-9-20(25)22-19/h2-9,14H,10-13H2,1H3,(H,22,25). The van der Waals surface area contributed by atoms with Crippen LogP contribution < -0.4 is 15.2 Å². The number of carbonyl (C=O) groups excluding carboxylic acids is 1. The first-order chi connectivity index (χ1) is 13.1. The Kier molecular flexibility index (Phi) is 4.54. The molecule has 1 aromatic heterocycles. The van der Waals surface area contributed by atoms with E-state index in [1.54, 1.807) is 19.2 Å². The number of ether oxygens (including phenoxy) is 1. The van der Waals surface area contributed by atoms with Crippen molar-refractivity contribution in [2.45, 2.75) is 0 Å². The van der Waals surface area contributed by atoms with Crippen molar-refractivity contribution in [3.63, 3.8) is 0 Å². The molecule has 0 atom stereocenters. The molecule has 0 bridgehead atoms. The molecule has 1 aliphatic heterocycles. The first kappa shape index (κ1) is 17.1. The van der Waals surface area contributed by atoms with Gasteiger partial charge < -0.3 is 19.5 Å². The number of aromatic nitrogens is 1. The summed E-state index contributed by atoms with van der Waals surface area (Å²) in [5, 5.41) is 1.00. The van der Waals surface area contributed by atoms with Crippen LogP contribution in [0.4, 0.5) is 5.69 Å². The number of H-pyrrole nitrogens is 1. The molecule has 1 saturated heterocycles. The summed E-state index contributed by atoms with van der Waals surface area (Å²) in [4.78, 5) is 31.1. The van der Waals surface area contributed by atoms with Crippen LogP contribution in [0.2, 0.25) is 0 Å². The molecular weight excluding hydrogens is 342 g/mol. The van der Waals surface area contributed by atoms with Crippen molar-refractivity contribution in [1.29, 1.82) is 0 Å². The number of pyridine rings is 1. The van der Waals surface area contributed by atoms with E-state index >= 15 is 0 Å². The van der Waals surface area contributed by atoms with E-state index < -0.39 is 0 Å². The zero-order chi connectivity index (χ0) is 18.8. The quantitative estimate of drug-likeness (QED) is 0.777. The molecule has 0 radical (unpaired) electrons. The van der Waals surface area contributed by atoms with Gasteiger partial charge in [-0.05, 0) is 48.5 Å². The fourth-order valence-electron chi connectivity index (χ4n) is 3.42. The number of nitrogens with one attached hydrogen (secondary N) is 1. The second-order valence-corrected chi connectivity index (χ2v) is 6.60. The van der Waals surface area contributed by atoms with Crippen LogP contribution in [0.1, 0.15) is 10.4 Å². The fourth-order valence-corrected chi connectivity index (χ4v) is 3.42. The molecule has 2 heterocycles. The molecule has 1 fully saturated rings. The Morgan fingerprint density at radius 3 is 2.41 bits per heavy atom. The Hall–Kier alpha value is -3.28. The molecule has 1 amide bonds. The van der Waals surface area contributed by atoms with Gasteiger partial charge in [0.05, 0.1) is 7.11 Å². The van der Waals surface area contributed by atoms with Crippen LogP contribution >= 0.6 is 0 Å². The van der Waals surface area contributed by atoms with Crippen molar-refractivity contribution in [1.82, 2.24) is 9.88 Å². The van der Waals surface area contributed by atoms with Crippen LogP contribution in [-0.2, 0) is 0 Å². The van der Waals surface area contributed by atoms with E-state index in [9.17, 15) is 9.59 Å². The van der Waals surface area contributed by atoms with E-state index in [1.807, 2.05) is 35.2 Å². The molecule has 6 heteroatoms. The molecule has 0 spiro atoms. The number of aromatic amines is 1. The number of hydrogen-bond acceptors (Lipinski definition) is 4. The number of nitrogens with zero attached hydrogens (tertiary/aromatic N) is 2. The topological polar surface area (TPSA) is 65.6 Å². The average molecular weight is 363 g/mol. The third kappa shape index (κ3) is 3.51. The molecule has 0 unspecified atom stereocenters. The van der Waals surface area contributed by atoms with Gasteiger partial charge in [0.2, 0.25) is 5.56 Å². The summed E-state index contributed by atoms with van der Waals surface area (Å²) in [6.07, 6.45) is 0. The molecule has 4 rings (SSSR count). The molecule has 138 valence electrons. The molecule has 27 heavy (non-hydrogen) atoms.